The molecular weight excluding hydrogens is 298 g/mol. The van der Waals surface area contributed by atoms with Gasteiger partial charge < -0.3 is 9.32 Å². The third-order valence-electron chi connectivity index (χ3n) is 2.78. The molecule has 5 nitrogen and oxygen atoms in total. The van der Waals surface area contributed by atoms with Crippen molar-refractivity contribution >= 4 is 29.8 Å². The molecule has 6 heteroatoms. The molecule has 0 spiro atoms. The second-order valence-electron chi connectivity index (χ2n) is 4.78. The fourth-order valence-corrected chi connectivity index (χ4v) is 2.53. The largest absolute Gasteiger partial charge is 0.440 e. The van der Waals surface area contributed by atoms with Crippen molar-refractivity contribution < 1.29 is 9.21 Å². The summed E-state index contributed by atoms with van der Waals surface area (Å²) in [6, 6.07) is 13.6. The van der Waals surface area contributed by atoms with Crippen molar-refractivity contribution in [1.29, 1.82) is 0 Å². The van der Waals surface area contributed by atoms with Crippen LogP contribution in [0.4, 0.5) is 5.88 Å². The van der Waals surface area contributed by atoms with Gasteiger partial charge in [0.1, 0.15) is 5.76 Å². The van der Waals surface area contributed by atoms with Crippen molar-refractivity contribution in [3.8, 4) is 0 Å². The number of carbonyl (C=O) groups is 1. The quantitative estimate of drug-likeness (QED) is 0.484. The SMILES string of the molecule is CN(C)c1ccc(/C=N\NC(=O)CCSc2ccccc2)o1. The monoisotopic (exact) mass is 317 g/mol. The topological polar surface area (TPSA) is 57.8 Å². The Morgan fingerprint density at radius 3 is 2.73 bits per heavy atom. The molecule has 0 unspecified atom stereocenters. The number of furan rings is 1. The first kappa shape index (κ1) is 16.2. The van der Waals surface area contributed by atoms with Crippen LogP contribution in [0.3, 0.4) is 0 Å². The van der Waals surface area contributed by atoms with Gasteiger partial charge in [0.25, 0.3) is 0 Å². The molecule has 0 aliphatic heterocycles. The Hall–Kier alpha value is -2.21. The summed E-state index contributed by atoms with van der Waals surface area (Å²) in [6.45, 7) is 0. The lowest BCUT2D eigenvalue weighted by Gasteiger charge is -2.05. The molecule has 1 amide bonds. The van der Waals surface area contributed by atoms with Crippen molar-refractivity contribution in [3.05, 3.63) is 48.2 Å². The number of thioether (sulfide) groups is 1. The average molecular weight is 317 g/mol. The summed E-state index contributed by atoms with van der Waals surface area (Å²) >= 11 is 1.65. The Kier molecular flexibility index (Phi) is 6.09. The Morgan fingerprint density at radius 1 is 1.27 bits per heavy atom. The summed E-state index contributed by atoms with van der Waals surface area (Å²) in [5.41, 5.74) is 2.50. The first-order valence-electron chi connectivity index (χ1n) is 6.92. The third kappa shape index (κ3) is 5.29. The Labute approximate surface area is 134 Å². The fraction of sp³-hybridized carbons (Fsp3) is 0.250. The standard InChI is InChI=1S/C16H19N3O2S/c1-19(2)16-9-8-13(21-16)12-17-18-15(20)10-11-22-14-6-4-3-5-7-14/h3-9,12H,10-11H2,1-2H3,(H,18,20)/b17-12-. The van der Waals surface area contributed by atoms with E-state index in [2.05, 4.69) is 10.5 Å². The van der Waals surface area contributed by atoms with Gasteiger partial charge in [-0.3, -0.25) is 4.79 Å². The molecule has 0 saturated heterocycles. The van der Waals surface area contributed by atoms with Crippen molar-refractivity contribution in [2.24, 2.45) is 5.10 Å². The van der Waals surface area contributed by atoms with E-state index in [9.17, 15) is 4.79 Å². The fourth-order valence-electron chi connectivity index (χ4n) is 1.65. The van der Waals surface area contributed by atoms with E-state index in [0.717, 1.165) is 16.5 Å². The van der Waals surface area contributed by atoms with Crippen LogP contribution < -0.4 is 10.3 Å². The number of hydrogen-bond acceptors (Lipinski definition) is 5. The molecule has 1 aromatic carbocycles. The molecule has 0 fully saturated rings. The number of hydrogen-bond donors (Lipinski definition) is 1. The van der Waals surface area contributed by atoms with Crippen LogP contribution in [0.5, 0.6) is 0 Å². The summed E-state index contributed by atoms with van der Waals surface area (Å²) in [7, 11) is 3.79. The molecule has 0 radical (unpaired) electrons. The summed E-state index contributed by atoms with van der Waals surface area (Å²) < 4.78 is 5.49. The highest BCUT2D eigenvalue weighted by atomic mass is 32.2. The van der Waals surface area contributed by atoms with E-state index in [-0.39, 0.29) is 5.91 Å². The van der Waals surface area contributed by atoms with Gasteiger partial charge in [0.2, 0.25) is 5.91 Å². The molecule has 22 heavy (non-hydrogen) atoms. The van der Waals surface area contributed by atoms with E-state index in [0.29, 0.717) is 12.2 Å². The minimum Gasteiger partial charge on any atom is -0.440 e. The van der Waals surface area contributed by atoms with Gasteiger partial charge in [0.15, 0.2) is 5.88 Å². The summed E-state index contributed by atoms with van der Waals surface area (Å²) in [5.74, 6) is 1.95. The lowest BCUT2D eigenvalue weighted by molar-refractivity contribution is -0.120. The van der Waals surface area contributed by atoms with Crippen molar-refractivity contribution in [2.45, 2.75) is 11.3 Å². The molecule has 2 rings (SSSR count). The van der Waals surface area contributed by atoms with Crippen LogP contribution in [0.25, 0.3) is 0 Å². The molecule has 1 N–H and O–H groups in total. The van der Waals surface area contributed by atoms with Crippen LogP contribution in [-0.2, 0) is 4.79 Å². The van der Waals surface area contributed by atoms with Gasteiger partial charge in [0.05, 0.1) is 6.21 Å². The highest BCUT2D eigenvalue weighted by molar-refractivity contribution is 7.99. The van der Waals surface area contributed by atoms with Gasteiger partial charge in [-0.15, -0.1) is 11.8 Å². The van der Waals surface area contributed by atoms with Crippen LogP contribution in [0.15, 0.2) is 56.9 Å². The minimum atomic E-state index is -0.112. The smallest absolute Gasteiger partial charge is 0.240 e. The van der Waals surface area contributed by atoms with Crippen molar-refractivity contribution in [2.75, 3.05) is 24.7 Å². The van der Waals surface area contributed by atoms with Gasteiger partial charge in [-0.25, -0.2) is 5.43 Å². The van der Waals surface area contributed by atoms with Crippen LogP contribution in [0.1, 0.15) is 12.2 Å². The normalized spacial score (nSPS) is 10.8. The number of carbonyl (C=O) groups excluding carboxylic acids is 1. The van der Waals surface area contributed by atoms with Crippen LogP contribution in [0, 0.1) is 0 Å². The average Bonchev–Trinajstić information content (AvgIpc) is 2.97. The number of rotatable bonds is 7. The second kappa shape index (κ2) is 8.29. The number of hydrazone groups is 1. The number of nitrogens with zero attached hydrogens (tertiary/aromatic N) is 2. The van der Waals surface area contributed by atoms with Crippen molar-refractivity contribution in [1.82, 2.24) is 5.43 Å². The van der Waals surface area contributed by atoms with Crippen molar-refractivity contribution in [3.63, 3.8) is 0 Å². The predicted molar refractivity (Wildman–Crippen MR) is 90.6 cm³/mol. The maximum Gasteiger partial charge on any atom is 0.240 e. The molecule has 1 heterocycles. The van der Waals surface area contributed by atoms with E-state index in [4.69, 9.17) is 4.42 Å². The summed E-state index contributed by atoms with van der Waals surface area (Å²) in [4.78, 5) is 14.7. The lowest BCUT2D eigenvalue weighted by Crippen LogP contribution is -2.17. The van der Waals surface area contributed by atoms with E-state index in [1.807, 2.05) is 55.4 Å². The summed E-state index contributed by atoms with van der Waals surface area (Å²) in [6.07, 6.45) is 1.91. The van der Waals surface area contributed by atoms with E-state index >= 15 is 0 Å². The van der Waals surface area contributed by atoms with Gasteiger partial charge in [-0.2, -0.15) is 5.10 Å². The van der Waals surface area contributed by atoms with Crippen LogP contribution in [0.2, 0.25) is 0 Å². The maximum absolute atomic E-state index is 11.7. The van der Waals surface area contributed by atoms with E-state index < -0.39 is 0 Å². The zero-order valence-electron chi connectivity index (χ0n) is 12.7. The maximum atomic E-state index is 11.7. The number of nitrogens with one attached hydrogen (secondary N) is 1. The Balaban J connectivity index is 1.69. The third-order valence-corrected chi connectivity index (χ3v) is 3.79. The van der Waals surface area contributed by atoms with Crippen LogP contribution in [-0.4, -0.2) is 32.0 Å². The number of benzene rings is 1. The van der Waals surface area contributed by atoms with Gasteiger partial charge >= 0.3 is 0 Å². The molecule has 0 bridgehead atoms. The lowest BCUT2D eigenvalue weighted by atomic mass is 10.4. The molecule has 0 saturated carbocycles. The molecule has 2 aromatic rings. The molecular formula is C16H19N3O2S. The molecule has 116 valence electrons. The van der Waals surface area contributed by atoms with Gasteiger partial charge in [0, 0.05) is 37.2 Å². The molecule has 0 aliphatic rings. The van der Waals surface area contributed by atoms with E-state index in [1.54, 1.807) is 17.8 Å². The number of amides is 1. The molecule has 0 aliphatic carbocycles. The zero-order valence-corrected chi connectivity index (χ0v) is 13.5. The Bertz CT molecular complexity index is 623. The van der Waals surface area contributed by atoms with Gasteiger partial charge in [-0.05, 0) is 18.2 Å². The minimum absolute atomic E-state index is 0.112. The molecule has 1 aromatic heterocycles. The number of anilines is 1. The Morgan fingerprint density at radius 2 is 2.05 bits per heavy atom. The summed E-state index contributed by atoms with van der Waals surface area (Å²) in [5, 5.41) is 3.89. The van der Waals surface area contributed by atoms with E-state index in [1.165, 1.54) is 6.21 Å². The first-order chi connectivity index (χ1) is 10.6. The first-order valence-corrected chi connectivity index (χ1v) is 7.90. The van der Waals surface area contributed by atoms with Crippen LogP contribution >= 0.6 is 11.8 Å². The predicted octanol–water partition coefficient (Wildman–Crippen LogP) is 2.98. The zero-order chi connectivity index (χ0) is 15.8. The van der Waals surface area contributed by atoms with Gasteiger partial charge in [-0.1, -0.05) is 18.2 Å². The highest BCUT2D eigenvalue weighted by Gasteiger charge is 2.02. The second-order valence-corrected chi connectivity index (χ2v) is 5.94. The molecule has 0 atom stereocenters. The highest BCUT2D eigenvalue weighted by Crippen LogP contribution is 2.17.